The lowest BCUT2D eigenvalue weighted by Gasteiger charge is -2.23. The highest BCUT2D eigenvalue weighted by Gasteiger charge is 2.23. The van der Waals surface area contributed by atoms with Crippen LogP contribution in [0.25, 0.3) is 0 Å². The zero-order valence-electron chi connectivity index (χ0n) is 15.4. The average Bonchev–Trinajstić information content (AvgIpc) is 2.62. The Morgan fingerprint density at radius 2 is 1.96 bits per heavy atom. The summed E-state index contributed by atoms with van der Waals surface area (Å²) in [5.74, 6) is 0.639. The third-order valence-corrected chi connectivity index (χ3v) is 7.84. The molecule has 0 bridgehead atoms. The summed E-state index contributed by atoms with van der Waals surface area (Å²) < 4.78 is 25.2. The third kappa shape index (κ3) is 7.37. The van der Waals surface area contributed by atoms with Crippen molar-refractivity contribution in [3.05, 3.63) is 28.2 Å². The van der Waals surface area contributed by atoms with E-state index in [0.717, 1.165) is 28.0 Å². The molecule has 5 nitrogen and oxygen atoms in total. The zero-order valence-corrected chi connectivity index (χ0v) is 18.6. The normalized spacial score (nSPS) is 15.5. The molecule has 1 saturated carbocycles. The van der Waals surface area contributed by atoms with Gasteiger partial charge in [0.2, 0.25) is 15.9 Å². The Kier molecular flexibility index (Phi) is 9.05. The van der Waals surface area contributed by atoms with E-state index >= 15 is 0 Å². The summed E-state index contributed by atoms with van der Waals surface area (Å²) >= 11 is 14.1. The fraction of sp³-hybridized carbons (Fsp3) is 0.611. The van der Waals surface area contributed by atoms with E-state index in [1.54, 1.807) is 12.1 Å². The Hall–Kier alpha value is -0.630. The number of carbonyl (C=O) groups is 1. The average molecular weight is 453 g/mol. The minimum atomic E-state index is -3.68. The lowest BCUT2D eigenvalue weighted by molar-refractivity contribution is -0.119. The summed E-state index contributed by atoms with van der Waals surface area (Å²) in [6.07, 6.45) is 8.48. The molecule has 9 heteroatoms. The van der Waals surface area contributed by atoms with Crippen LogP contribution in [0.3, 0.4) is 0 Å². The van der Waals surface area contributed by atoms with Crippen molar-refractivity contribution in [1.29, 1.82) is 0 Å². The number of nitrogens with zero attached hydrogens (tertiary/aromatic N) is 1. The first kappa shape index (κ1) is 22.7. The van der Waals surface area contributed by atoms with Crippen LogP contribution in [0.2, 0.25) is 10.0 Å². The molecule has 152 valence electrons. The molecule has 0 aliphatic heterocycles. The van der Waals surface area contributed by atoms with E-state index in [-0.39, 0.29) is 28.2 Å². The van der Waals surface area contributed by atoms with Gasteiger partial charge in [0.05, 0.1) is 22.0 Å². The monoisotopic (exact) mass is 452 g/mol. The van der Waals surface area contributed by atoms with Crippen molar-refractivity contribution >= 4 is 56.6 Å². The molecule has 1 aromatic carbocycles. The maximum atomic E-state index is 12.2. The molecule has 1 aromatic rings. The fourth-order valence-electron chi connectivity index (χ4n) is 3.03. The first-order chi connectivity index (χ1) is 12.8. The van der Waals surface area contributed by atoms with Gasteiger partial charge >= 0.3 is 0 Å². The highest BCUT2D eigenvalue weighted by molar-refractivity contribution is 7.99. The Morgan fingerprint density at radius 1 is 1.26 bits per heavy atom. The predicted octanol–water partition coefficient (Wildman–Crippen LogP) is 4.33. The highest BCUT2D eigenvalue weighted by Crippen LogP contribution is 2.33. The van der Waals surface area contributed by atoms with E-state index in [4.69, 9.17) is 23.2 Å². The molecule has 0 spiro atoms. The van der Waals surface area contributed by atoms with Crippen molar-refractivity contribution in [2.45, 2.75) is 43.8 Å². The lowest BCUT2D eigenvalue weighted by atomic mass is 10.0. The Balaban J connectivity index is 1.83. The summed E-state index contributed by atoms with van der Waals surface area (Å²) in [7, 11) is -3.68. The lowest BCUT2D eigenvalue weighted by Crippen LogP contribution is -2.40. The Morgan fingerprint density at radius 3 is 2.63 bits per heavy atom. The van der Waals surface area contributed by atoms with Crippen molar-refractivity contribution in [1.82, 2.24) is 5.32 Å². The second-order valence-corrected chi connectivity index (χ2v) is 10.8. The van der Waals surface area contributed by atoms with E-state index in [1.807, 2.05) is 11.8 Å². The van der Waals surface area contributed by atoms with Crippen LogP contribution in [0.15, 0.2) is 18.2 Å². The number of amides is 1. The standard InChI is InChI=1S/C18H26Cl2N2O3S2/c1-27(24,25)22(16-10-5-9-15(19)18(16)20)13-17(23)21-11-6-12-26-14-7-3-2-4-8-14/h5,9-10,14H,2-4,6-8,11-13H2,1H3,(H,21,23). The van der Waals surface area contributed by atoms with Gasteiger partial charge in [-0.3, -0.25) is 9.10 Å². The molecule has 1 aliphatic carbocycles. The van der Waals surface area contributed by atoms with Crippen LogP contribution in [0.1, 0.15) is 38.5 Å². The minimum absolute atomic E-state index is 0.112. The molecule has 2 rings (SSSR count). The fourth-order valence-corrected chi connectivity index (χ4v) is 5.65. The van der Waals surface area contributed by atoms with Crippen molar-refractivity contribution in [2.75, 3.05) is 29.4 Å². The number of carbonyl (C=O) groups excluding carboxylic acids is 1. The van der Waals surface area contributed by atoms with Crippen LogP contribution >= 0.6 is 35.0 Å². The summed E-state index contributed by atoms with van der Waals surface area (Å²) in [6.45, 7) is 0.202. The van der Waals surface area contributed by atoms with E-state index in [2.05, 4.69) is 5.32 Å². The molecule has 0 atom stereocenters. The number of nitrogens with one attached hydrogen (secondary N) is 1. The molecule has 1 fully saturated rings. The van der Waals surface area contributed by atoms with E-state index < -0.39 is 10.0 Å². The van der Waals surface area contributed by atoms with Crippen molar-refractivity contribution in [2.24, 2.45) is 0 Å². The smallest absolute Gasteiger partial charge is 0.240 e. The number of halogens is 2. The predicted molar refractivity (Wildman–Crippen MR) is 116 cm³/mol. The molecule has 0 unspecified atom stereocenters. The van der Waals surface area contributed by atoms with Gasteiger partial charge in [-0.05, 0) is 37.1 Å². The topological polar surface area (TPSA) is 66.5 Å². The number of thioether (sulfide) groups is 1. The summed E-state index contributed by atoms with van der Waals surface area (Å²) in [4.78, 5) is 12.2. The molecular weight excluding hydrogens is 427 g/mol. The van der Waals surface area contributed by atoms with Crippen molar-refractivity contribution in [3.63, 3.8) is 0 Å². The van der Waals surface area contributed by atoms with E-state index in [1.165, 1.54) is 38.2 Å². The van der Waals surface area contributed by atoms with Crippen LogP contribution in [0, 0.1) is 0 Å². The van der Waals surface area contributed by atoms with E-state index in [9.17, 15) is 13.2 Å². The molecule has 0 saturated heterocycles. The van der Waals surface area contributed by atoms with Gasteiger partial charge in [0, 0.05) is 11.8 Å². The first-order valence-electron chi connectivity index (χ1n) is 9.09. The summed E-state index contributed by atoms with van der Waals surface area (Å²) in [5, 5.41) is 3.89. The zero-order chi connectivity index (χ0) is 19.9. The molecule has 1 N–H and O–H groups in total. The van der Waals surface area contributed by atoms with Crippen molar-refractivity contribution < 1.29 is 13.2 Å². The van der Waals surface area contributed by atoms with Gasteiger partial charge < -0.3 is 5.32 Å². The van der Waals surface area contributed by atoms with Gasteiger partial charge in [-0.2, -0.15) is 11.8 Å². The number of anilines is 1. The molecule has 0 heterocycles. The number of benzene rings is 1. The van der Waals surface area contributed by atoms with Crippen LogP contribution in [-0.4, -0.2) is 44.7 Å². The van der Waals surface area contributed by atoms with Gasteiger partial charge in [0.25, 0.3) is 0 Å². The van der Waals surface area contributed by atoms with E-state index in [0.29, 0.717) is 6.54 Å². The van der Waals surface area contributed by atoms with Crippen LogP contribution in [-0.2, 0) is 14.8 Å². The second kappa shape index (κ2) is 10.8. The van der Waals surface area contributed by atoms with Gasteiger partial charge in [0.1, 0.15) is 6.54 Å². The quantitative estimate of drug-likeness (QED) is 0.566. The maximum Gasteiger partial charge on any atom is 0.240 e. The van der Waals surface area contributed by atoms with Crippen molar-refractivity contribution in [3.8, 4) is 0 Å². The Labute approximate surface area is 176 Å². The maximum absolute atomic E-state index is 12.2. The number of hydrogen-bond donors (Lipinski definition) is 1. The number of hydrogen-bond acceptors (Lipinski definition) is 4. The molecule has 0 aromatic heterocycles. The third-order valence-electron chi connectivity index (χ3n) is 4.44. The highest BCUT2D eigenvalue weighted by atomic mass is 35.5. The number of rotatable bonds is 9. The molecule has 0 radical (unpaired) electrons. The molecule has 1 amide bonds. The largest absolute Gasteiger partial charge is 0.354 e. The second-order valence-electron chi connectivity index (χ2n) is 6.68. The SMILES string of the molecule is CS(=O)(=O)N(CC(=O)NCCCSC1CCCCC1)c1cccc(Cl)c1Cl. The molecule has 27 heavy (non-hydrogen) atoms. The number of sulfonamides is 1. The summed E-state index contributed by atoms with van der Waals surface area (Å²) in [5.41, 5.74) is 0.203. The Bertz CT molecular complexity index is 738. The first-order valence-corrected chi connectivity index (χ1v) is 12.7. The minimum Gasteiger partial charge on any atom is -0.354 e. The van der Waals surface area contributed by atoms with Gasteiger partial charge in [0.15, 0.2) is 0 Å². The molecule has 1 aliphatic rings. The molecular formula is C18H26Cl2N2O3S2. The van der Waals surface area contributed by atoms with Gasteiger partial charge in [-0.25, -0.2) is 8.42 Å². The van der Waals surface area contributed by atoms with Crippen LogP contribution in [0.4, 0.5) is 5.69 Å². The van der Waals surface area contributed by atoms with Crippen LogP contribution in [0.5, 0.6) is 0 Å². The van der Waals surface area contributed by atoms with Crippen LogP contribution < -0.4 is 9.62 Å². The van der Waals surface area contributed by atoms with Gasteiger partial charge in [-0.15, -0.1) is 0 Å². The van der Waals surface area contributed by atoms with Gasteiger partial charge in [-0.1, -0.05) is 48.5 Å². The summed E-state index contributed by atoms with van der Waals surface area (Å²) in [6, 6.07) is 4.70.